The number of nitrogens with one attached hydrogen (secondary N) is 1. The molecule has 0 aliphatic rings. The molecule has 0 spiro atoms. The molecule has 0 aromatic heterocycles. The highest BCUT2D eigenvalue weighted by atomic mass is 32.1. The van der Waals surface area contributed by atoms with Crippen molar-refractivity contribution < 1.29 is 15.0 Å². The predicted octanol–water partition coefficient (Wildman–Crippen LogP) is 3.07. The van der Waals surface area contributed by atoms with E-state index in [1.165, 1.54) is 12.1 Å². The Morgan fingerprint density at radius 2 is 1.85 bits per heavy atom. The summed E-state index contributed by atoms with van der Waals surface area (Å²) in [6, 6.07) is 14.0. The van der Waals surface area contributed by atoms with E-state index in [9.17, 15) is 9.90 Å². The molecule has 5 heteroatoms. The number of anilines is 1. The molecule has 4 nitrogen and oxygen atoms in total. The lowest BCUT2D eigenvalue weighted by Gasteiger charge is -2.09. The van der Waals surface area contributed by atoms with Crippen LogP contribution in [-0.2, 0) is 6.42 Å². The molecule has 0 amide bonds. The summed E-state index contributed by atoms with van der Waals surface area (Å²) in [5.41, 5.74) is 1.46. The Morgan fingerprint density at radius 3 is 2.50 bits per heavy atom. The Morgan fingerprint density at radius 1 is 1.15 bits per heavy atom. The molecule has 0 saturated heterocycles. The molecule has 2 rings (SSSR count). The second-order valence-electron chi connectivity index (χ2n) is 4.25. The number of rotatable bonds is 4. The summed E-state index contributed by atoms with van der Waals surface area (Å²) in [7, 11) is 0. The van der Waals surface area contributed by atoms with Gasteiger partial charge in [0.25, 0.3) is 0 Å². The van der Waals surface area contributed by atoms with Crippen LogP contribution >= 0.6 is 12.2 Å². The first-order chi connectivity index (χ1) is 9.56. The Balaban J connectivity index is 2.08. The van der Waals surface area contributed by atoms with Crippen LogP contribution in [0.2, 0.25) is 0 Å². The van der Waals surface area contributed by atoms with E-state index in [0.717, 1.165) is 5.56 Å². The van der Waals surface area contributed by atoms with E-state index in [0.29, 0.717) is 17.1 Å². The van der Waals surface area contributed by atoms with Gasteiger partial charge in [0.1, 0.15) is 11.3 Å². The van der Waals surface area contributed by atoms with Crippen molar-refractivity contribution in [2.75, 3.05) is 5.32 Å². The number of hydrogen-bond acceptors (Lipinski definition) is 3. The first-order valence-corrected chi connectivity index (χ1v) is 6.37. The van der Waals surface area contributed by atoms with E-state index in [1.807, 2.05) is 30.3 Å². The van der Waals surface area contributed by atoms with Gasteiger partial charge in [-0.25, -0.2) is 4.79 Å². The van der Waals surface area contributed by atoms with E-state index in [4.69, 9.17) is 17.3 Å². The number of aromatic hydroxyl groups is 1. The normalized spacial score (nSPS) is 10.0. The third kappa shape index (κ3) is 3.55. The van der Waals surface area contributed by atoms with Crippen molar-refractivity contribution in [1.29, 1.82) is 0 Å². The standard InChI is InChI=1S/C15H13NO3S/c17-13-7-6-11(9-12(13)15(18)19)16-14(20)8-10-4-2-1-3-5-10/h1-7,9,17H,8H2,(H,16,20)(H,18,19). The Kier molecular flexibility index (Phi) is 4.32. The first-order valence-electron chi connectivity index (χ1n) is 5.96. The zero-order valence-electron chi connectivity index (χ0n) is 10.5. The van der Waals surface area contributed by atoms with Gasteiger partial charge in [-0.05, 0) is 23.8 Å². The lowest BCUT2D eigenvalue weighted by atomic mass is 10.1. The monoisotopic (exact) mass is 287 g/mol. The molecule has 0 aliphatic carbocycles. The van der Waals surface area contributed by atoms with Crippen LogP contribution in [0.5, 0.6) is 5.75 Å². The van der Waals surface area contributed by atoms with E-state index in [2.05, 4.69) is 5.32 Å². The minimum atomic E-state index is -1.18. The number of carboxylic acid groups (broad SMARTS) is 1. The van der Waals surface area contributed by atoms with Crippen molar-refractivity contribution in [2.24, 2.45) is 0 Å². The molecular formula is C15H13NO3S. The van der Waals surface area contributed by atoms with E-state index in [1.54, 1.807) is 6.07 Å². The molecule has 0 unspecified atom stereocenters. The van der Waals surface area contributed by atoms with Crippen LogP contribution in [0.15, 0.2) is 48.5 Å². The maximum absolute atomic E-state index is 10.9. The lowest BCUT2D eigenvalue weighted by Crippen LogP contribution is -2.12. The molecule has 0 atom stereocenters. The Labute approximate surface area is 121 Å². The zero-order valence-corrected chi connectivity index (χ0v) is 11.4. The van der Waals surface area contributed by atoms with Crippen LogP contribution < -0.4 is 5.32 Å². The van der Waals surface area contributed by atoms with Crippen LogP contribution in [0.4, 0.5) is 5.69 Å². The molecule has 3 N–H and O–H groups in total. The van der Waals surface area contributed by atoms with Crippen molar-refractivity contribution >= 4 is 28.9 Å². The fourth-order valence-electron chi connectivity index (χ4n) is 1.77. The number of hydrogen-bond donors (Lipinski definition) is 3. The van der Waals surface area contributed by atoms with Crippen LogP contribution in [0, 0.1) is 0 Å². The number of carbonyl (C=O) groups is 1. The highest BCUT2D eigenvalue weighted by molar-refractivity contribution is 7.80. The average molecular weight is 287 g/mol. The van der Waals surface area contributed by atoms with E-state index < -0.39 is 5.97 Å². The van der Waals surface area contributed by atoms with Crippen molar-refractivity contribution in [3.63, 3.8) is 0 Å². The smallest absolute Gasteiger partial charge is 0.339 e. The molecule has 0 fully saturated rings. The van der Waals surface area contributed by atoms with Crippen molar-refractivity contribution in [3.05, 3.63) is 59.7 Å². The first kappa shape index (κ1) is 14.0. The lowest BCUT2D eigenvalue weighted by molar-refractivity contribution is 0.0694. The van der Waals surface area contributed by atoms with Crippen molar-refractivity contribution in [3.8, 4) is 5.75 Å². The van der Waals surface area contributed by atoms with Gasteiger partial charge in [0.2, 0.25) is 0 Å². The van der Waals surface area contributed by atoms with Gasteiger partial charge in [-0.15, -0.1) is 0 Å². The quantitative estimate of drug-likeness (QED) is 0.595. The third-order valence-corrected chi connectivity index (χ3v) is 2.96. The maximum atomic E-state index is 10.9. The summed E-state index contributed by atoms with van der Waals surface area (Å²) in [6.45, 7) is 0. The summed E-state index contributed by atoms with van der Waals surface area (Å²) in [5.74, 6) is -1.45. The fourth-order valence-corrected chi connectivity index (χ4v) is 2.06. The number of carboxylic acids is 1. The number of aromatic carboxylic acids is 1. The van der Waals surface area contributed by atoms with Crippen LogP contribution in [0.3, 0.4) is 0 Å². The Bertz CT molecular complexity index is 641. The predicted molar refractivity (Wildman–Crippen MR) is 81.4 cm³/mol. The molecular weight excluding hydrogens is 274 g/mol. The second kappa shape index (κ2) is 6.16. The summed E-state index contributed by atoms with van der Waals surface area (Å²) >= 11 is 5.24. The highest BCUT2D eigenvalue weighted by Gasteiger charge is 2.10. The minimum absolute atomic E-state index is 0.155. The van der Waals surface area contributed by atoms with Gasteiger partial charge in [0, 0.05) is 12.1 Å². The van der Waals surface area contributed by atoms with Crippen molar-refractivity contribution in [2.45, 2.75) is 6.42 Å². The summed E-state index contributed by atoms with van der Waals surface area (Å²) in [4.78, 5) is 11.5. The van der Waals surface area contributed by atoms with Crippen LogP contribution in [0.1, 0.15) is 15.9 Å². The van der Waals surface area contributed by atoms with Gasteiger partial charge < -0.3 is 15.5 Å². The highest BCUT2D eigenvalue weighted by Crippen LogP contribution is 2.21. The molecule has 2 aromatic carbocycles. The summed E-state index contributed by atoms with van der Waals surface area (Å²) < 4.78 is 0. The summed E-state index contributed by atoms with van der Waals surface area (Å²) in [6.07, 6.45) is 0.569. The van der Waals surface area contributed by atoms with Gasteiger partial charge in [-0.1, -0.05) is 42.5 Å². The van der Waals surface area contributed by atoms with Gasteiger partial charge in [-0.2, -0.15) is 0 Å². The van der Waals surface area contributed by atoms with E-state index in [-0.39, 0.29) is 11.3 Å². The molecule has 0 radical (unpaired) electrons. The molecule has 0 heterocycles. The van der Waals surface area contributed by atoms with Gasteiger partial charge in [0.15, 0.2) is 0 Å². The molecule has 0 bridgehead atoms. The molecule has 20 heavy (non-hydrogen) atoms. The fraction of sp³-hybridized carbons (Fsp3) is 0.0667. The topological polar surface area (TPSA) is 69.6 Å². The zero-order chi connectivity index (χ0) is 14.5. The van der Waals surface area contributed by atoms with Gasteiger partial charge >= 0.3 is 5.97 Å². The maximum Gasteiger partial charge on any atom is 0.339 e. The Hall–Kier alpha value is -2.40. The van der Waals surface area contributed by atoms with Crippen LogP contribution in [0.25, 0.3) is 0 Å². The molecule has 102 valence electrons. The van der Waals surface area contributed by atoms with Gasteiger partial charge in [-0.3, -0.25) is 0 Å². The molecule has 2 aromatic rings. The average Bonchev–Trinajstić information content (AvgIpc) is 2.41. The van der Waals surface area contributed by atoms with Gasteiger partial charge in [0.05, 0.1) is 4.99 Å². The largest absolute Gasteiger partial charge is 0.507 e. The number of phenols is 1. The molecule has 0 aliphatic heterocycles. The van der Waals surface area contributed by atoms with Crippen LogP contribution in [-0.4, -0.2) is 21.2 Å². The van der Waals surface area contributed by atoms with E-state index >= 15 is 0 Å². The second-order valence-corrected chi connectivity index (χ2v) is 4.74. The SMILES string of the molecule is O=C(O)c1cc(NC(=S)Cc2ccccc2)ccc1O. The number of benzene rings is 2. The number of thiocarbonyl (C=S) groups is 1. The summed E-state index contributed by atoms with van der Waals surface area (Å²) in [5, 5.41) is 21.3. The molecule has 0 saturated carbocycles. The van der Waals surface area contributed by atoms with Crippen molar-refractivity contribution in [1.82, 2.24) is 0 Å². The third-order valence-electron chi connectivity index (χ3n) is 2.72. The minimum Gasteiger partial charge on any atom is -0.507 e.